The molecule has 1 aliphatic rings. The third kappa shape index (κ3) is 2.91. The van der Waals surface area contributed by atoms with Gasteiger partial charge in [-0.1, -0.05) is 11.3 Å². The number of carbonyl (C=O) groups excluding carboxylic acids is 1. The standard InChI is InChI=1S/C11H12N2O3S/c14-10(12-7-1-2-8-12)5-3-9-4-6-11(17-9)13(15)16/h3-6H,1-2,7-8H2/b5-3+. The summed E-state index contributed by atoms with van der Waals surface area (Å²) in [7, 11) is 0. The molecule has 1 saturated heterocycles. The molecule has 1 aromatic rings. The Kier molecular flexibility index (Phi) is 3.53. The van der Waals surface area contributed by atoms with Crippen molar-refractivity contribution in [1.29, 1.82) is 0 Å². The predicted octanol–water partition coefficient (Wildman–Crippen LogP) is 2.29. The summed E-state index contributed by atoms with van der Waals surface area (Å²) in [6.07, 6.45) is 5.24. The highest BCUT2D eigenvalue weighted by molar-refractivity contribution is 7.16. The lowest BCUT2D eigenvalue weighted by atomic mass is 10.4. The molecular formula is C11H12N2O3S. The monoisotopic (exact) mass is 252 g/mol. The van der Waals surface area contributed by atoms with Crippen molar-refractivity contribution in [3.63, 3.8) is 0 Å². The minimum Gasteiger partial charge on any atom is -0.339 e. The van der Waals surface area contributed by atoms with Crippen LogP contribution < -0.4 is 0 Å². The summed E-state index contributed by atoms with van der Waals surface area (Å²) in [5.74, 6) is -0.0152. The van der Waals surface area contributed by atoms with Crippen molar-refractivity contribution in [2.45, 2.75) is 12.8 Å². The molecule has 1 fully saturated rings. The van der Waals surface area contributed by atoms with Gasteiger partial charge >= 0.3 is 5.00 Å². The first-order chi connectivity index (χ1) is 8.16. The summed E-state index contributed by atoms with van der Waals surface area (Å²) in [6, 6.07) is 3.10. The molecule has 0 bridgehead atoms. The van der Waals surface area contributed by atoms with E-state index >= 15 is 0 Å². The fraction of sp³-hybridized carbons (Fsp3) is 0.364. The van der Waals surface area contributed by atoms with Crippen LogP contribution in [0.3, 0.4) is 0 Å². The second-order valence-corrected chi connectivity index (χ2v) is 4.89. The topological polar surface area (TPSA) is 63.4 Å². The molecule has 5 nitrogen and oxygen atoms in total. The third-order valence-corrected chi connectivity index (χ3v) is 3.60. The van der Waals surface area contributed by atoms with E-state index in [9.17, 15) is 14.9 Å². The van der Waals surface area contributed by atoms with E-state index in [0.717, 1.165) is 42.1 Å². The van der Waals surface area contributed by atoms with Crippen molar-refractivity contribution in [3.8, 4) is 0 Å². The van der Waals surface area contributed by atoms with Crippen LogP contribution >= 0.6 is 11.3 Å². The molecule has 2 heterocycles. The Morgan fingerprint density at radius 2 is 2.12 bits per heavy atom. The van der Waals surface area contributed by atoms with E-state index in [1.165, 1.54) is 12.1 Å². The summed E-state index contributed by atoms with van der Waals surface area (Å²) in [4.78, 5) is 24.2. The highest BCUT2D eigenvalue weighted by atomic mass is 32.1. The first kappa shape index (κ1) is 11.8. The molecule has 0 spiro atoms. The molecule has 0 aliphatic carbocycles. The molecule has 17 heavy (non-hydrogen) atoms. The van der Waals surface area contributed by atoms with Gasteiger partial charge in [-0.2, -0.15) is 0 Å². The van der Waals surface area contributed by atoms with Gasteiger partial charge in [0, 0.05) is 30.1 Å². The van der Waals surface area contributed by atoms with Gasteiger partial charge in [-0.25, -0.2) is 0 Å². The van der Waals surface area contributed by atoms with Crippen LogP contribution in [0.1, 0.15) is 17.7 Å². The maximum Gasteiger partial charge on any atom is 0.324 e. The zero-order valence-corrected chi connectivity index (χ0v) is 9.98. The molecule has 0 aromatic carbocycles. The fourth-order valence-corrected chi connectivity index (χ4v) is 2.45. The number of amides is 1. The minimum absolute atomic E-state index is 0.0152. The van der Waals surface area contributed by atoms with Gasteiger partial charge in [-0.15, -0.1) is 0 Å². The van der Waals surface area contributed by atoms with Crippen molar-refractivity contribution in [3.05, 3.63) is 33.2 Å². The molecule has 0 atom stereocenters. The Balaban J connectivity index is 1.99. The van der Waals surface area contributed by atoms with E-state index in [2.05, 4.69) is 0 Å². The lowest BCUT2D eigenvalue weighted by molar-refractivity contribution is -0.380. The zero-order valence-electron chi connectivity index (χ0n) is 9.17. The van der Waals surface area contributed by atoms with E-state index in [-0.39, 0.29) is 10.9 Å². The highest BCUT2D eigenvalue weighted by Crippen LogP contribution is 2.24. The highest BCUT2D eigenvalue weighted by Gasteiger charge is 2.15. The second kappa shape index (κ2) is 5.09. The average molecular weight is 252 g/mol. The molecule has 0 N–H and O–H groups in total. The summed E-state index contributed by atoms with van der Waals surface area (Å²) < 4.78 is 0. The summed E-state index contributed by atoms with van der Waals surface area (Å²) in [5.41, 5.74) is 0. The largest absolute Gasteiger partial charge is 0.339 e. The van der Waals surface area contributed by atoms with E-state index in [1.807, 2.05) is 0 Å². The maximum atomic E-state index is 11.7. The van der Waals surface area contributed by atoms with Crippen LogP contribution in [-0.2, 0) is 4.79 Å². The van der Waals surface area contributed by atoms with Crippen molar-refractivity contribution in [1.82, 2.24) is 4.90 Å². The van der Waals surface area contributed by atoms with Gasteiger partial charge in [0.15, 0.2) is 0 Å². The number of thiophene rings is 1. The van der Waals surface area contributed by atoms with Gasteiger partial charge in [0.05, 0.1) is 4.92 Å². The Hall–Kier alpha value is -1.69. The molecule has 0 radical (unpaired) electrons. The van der Waals surface area contributed by atoms with E-state index in [1.54, 1.807) is 17.0 Å². The Morgan fingerprint density at radius 3 is 2.71 bits per heavy atom. The predicted molar refractivity (Wildman–Crippen MR) is 65.8 cm³/mol. The second-order valence-electron chi connectivity index (χ2n) is 3.80. The average Bonchev–Trinajstić information content (AvgIpc) is 2.97. The first-order valence-electron chi connectivity index (χ1n) is 5.38. The van der Waals surface area contributed by atoms with Crippen LogP contribution in [-0.4, -0.2) is 28.8 Å². The Morgan fingerprint density at radius 1 is 1.41 bits per heavy atom. The van der Waals surface area contributed by atoms with Gasteiger partial charge in [0.1, 0.15) is 0 Å². The number of hydrogen-bond donors (Lipinski definition) is 0. The van der Waals surface area contributed by atoms with Crippen LogP contribution in [0.2, 0.25) is 0 Å². The van der Waals surface area contributed by atoms with Crippen molar-refractivity contribution in [2.75, 3.05) is 13.1 Å². The van der Waals surface area contributed by atoms with Crippen LogP contribution in [0.15, 0.2) is 18.2 Å². The van der Waals surface area contributed by atoms with Gasteiger partial charge in [0.25, 0.3) is 0 Å². The zero-order chi connectivity index (χ0) is 12.3. The number of nitrogens with zero attached hydrogens (tertiary/aromatic N) is 2. The molecule has 1 aliphatic heterocycles. The first-order valence-corrected chi connectivity index (χ1v) is 6.20. The van der Waals surface area contributed by atoms with Crippen molar-refractivity contribution >= 4 is 28.3 Å². The molecule has 0 unspecified atom stereocenters. The van der Waals surface area contributed by atoms with Crippen molar-refractivity contribution in [2.24, 2.45) is 0 Å². The summed E-state index contributed by atoms with van der Waals surface area (Å²) in [6.45, 7) is 1.63. The third-order valence-electron chi connectivity index (χ3n) is 2.60. The van der Waals surface area contributed by atoms with Gasteiger partial charge in [-0.05, 0) is 25.0 Å². The minimum atomic E-state index is -0.426. The van der Waals surface area contributed by atoms with Crippen molar-refractivity contribution < 1.29 is 9.72 Å². The number of nitro groups is 1. The van der Waals surface area contributed by atoms with E-state index in [0.29, 0.717) is 0 Å². The van der Waals surface area contributed by atoms with Gasteiger partial charge < -0.3 is 4.90 Å². The Bertz CT molecular complexity index is 461. The Labute approximate surface area is 103 Å². The molecule has 1 amide bonds. The van der Waals surface area contributed by atoms with Gasteiger partial charge in [0.2, 0.25) is 5.91 Å². The fourth-order valence-electron chi connectivity index (χ4n) is 1.73. The molecule has 6 heteroatoms. The normalized spacial score (nSPS) is 15.6. The van der Waals surface area contributed by atoms with E-state index in [4.69, 9.17) is 0 Å². The lowest BCUT2D eigenvalue weighted by Crippen LogP contribution is -2.25. The summed E-state index contributed by atoms with van der Waals surface area (Å²) >= 11 is 1.07. The molecular weight excluding hydrogens is 240 g/mol. The SMILES string of the molecule is O=C(/C=C/c1ccc([N+](=O)[O-])s1)N1CCCC1. The molecule has 90 valence electrons. The smallest absolute Gasteiger partial charge is 0.324 e. The van der Waals surface area contributed by atoms with Crippen LogP contribution in [0.4, 0.5) is 5.00 Å². The van der Waals surface area contributed by atoms with Gasteiger partial charge in [-0.3, -0.25) is 14.9 Å². The number of rotatable bonds is 3. The number of hydrogen-bond acceptors (Lipinski definition) is 4. The van der Waals surface area contributed by atoms with Crippen LogP contribution in [0, 0.1) is 10.1 Å². The molecule has 1 aromatic heterocycles. The maximum absolute atomic E-state index is 11.7. The quantitative estimate of drug-likeness (QED) is 0.471. The number of carbonyl (C=O) groups is 1. The molecule has 2 rings (SSSR count). The van der Waals surface area contributed by atoms with Crippen LogP contribution in [0.5, 0.6) is 0 Å². The van der Waals surface area contributed by atoms with E-state index < -0.39 is 4.92 Å². The lowest BCUT2D eigenvalue weighted by Gasteiger charge is -2.11. The van der Waals surface area contributed by atoms with Crippen LogP contribution in [0.25, 0.3) is 6.08 Å². The molecule has 0 saturated carbocycles. The number of likely N-dealkylation sites (tertiary alicyclic amines) is 1. The summed E-state index contributed by atoms with van der Waals surface area (Å²) in [5, 5.41) is 10.6.